The van der Waals surface area contributed by atoms with E-state index in [2.05, 4.69) is 30.7 Å². The molecule has 2 rings (SSSR count). The van der Waals surface area contributed by atoms with Gasteiger partial charge in [0.15, 0.2) is 0 Å². The summed E-state index contributed by atoms with van der Waals surface area (Å²) in [6.45, 7) is 6.36. The zero-order valence-corrected chi connectivity index (χ0v) is 14.5. The van der Waals surface area contributed by atoms with E-state index < -0.39 is 10.0 Å². The number of hydrogen-bond acceptors (Lipinski definition) is 3. The van der Waals surface area contributed by atoms with E-state index in [1.54, 1.807) is 12.1 Å². The topological polar surface area (TPSA) is 58.5 Å². The molecule has 0 amide bonds. The number of hydrazone groups is 1. The first-order valence-electron chi connectivity index (χ1n) is 8.12. The maximum Gasteiger partial charge on any atom is 0.276 e. The van der Waals surface area contributed by atoms with Crippen LogP contribution in [0.25, 0.3) is 0 Å². The first kappa shape index (κ1) is 17.0. The summed E-state index contributed by atoms with van der Waals surface area (Å²) in [6.07, 6.45) is 5.30. The SMILES string of the molecule is CC[C@H](C)c1ccc(S(=O)(=O)N/N=C2\CCCC[C@H]2C)cc1. The first-order valence-corrected chi connectivity index (χ1v) is 9.60. The molecule has 2 atom stereocenters. The average Bonchev–Trinajstić information content (AvgIpc) is 2.53. The smallest absolute Gasteiger partial charge is 0.200 e. The van der Waals surface area contributed by atoms with E-state index in [-0.39, 0.29) is 4.90 Å². The van der Waals surface area contributed by atoms with Crippen LogP contribution < -0.4 is 4.83 Å². The second-order valence-corrected chi connectivity index (χ2v) is 7.88. The fraction of sp³-hybridized carbons (Fsp3) is 0.588. The molecule has 0 bridgehead atoms. The molecule has 1 N–H and O–H groups in total. The molecule has 1 aromatic carbocycles. The van der Waals surface area contributed by atoms with Crippen molar-refractivity contribution in [3.63, 3.8) is 0 Å². The van der Waals surface area contributed by atoms with Gasteiger partial charge in [-0.1, -0.05) is 39.3 Å². The Bertz CT molecular complexity index is 621. The van der Waals surface area contributed by atoms with Crippen molar-refractivity contribution in [3.8, 4) is 0 Å². The van der Waals surface area contributed by atoms with Gasteiger partial charge in [0.2, 0.25) is 0 Å². The Balaban J connectivity index is 2.11. The number of rotatable bonds is 5. The lowest BCUT2D eigenvalue weighted by Gasteiger charge is -2.20. The lowest BCUT2D eigenvalue weighted by atomic mass is 9.89. The summed E-state index contributed by atoms with van der Waals surface area (Å²) in [4.78, 5) is 2.67. The molecule has 1 aliphatic rings. The van der Waals surface area contributed by atoms with Gasteiger partial charge in [-0.3, -0.25) is 0 Å². The van der Waals surface area contributed by atoms with E-state index in [1.807, 2.05) is 12.1 Å². The van der Waals surface area contributed by atoms with Crippen molar-refractivity contribution in [1.82, 2.24) is 4.83 Å². The fourth-order valence-electron chi connectivity index (χ4n) is 2.72. The van der Waals surface area contributed by atoms with E-state index in [0.717, 1.165) is 37.0 Å². The van der Waals surface area contributed by atoms with Crippen molar-refractivity contribution < 1.29 is 8.42 Å². The van der Waals surface area contributed by atoms with Crippen LogP contribution >= 0.6 is 0 Å². The number of sulfonamides is 1. The maximum atomic E-state index is 12.3. The second kappa shape index (κ2) is 7.27. The molecule has 0 unspecified atom stereocenters. The molecule has 0 aliphatic heterocycles. The monoisotopic (exact) mass is 322 g/mol. The molecule has 0 saturated heterocycles. The molecule has 1 saturated carbocycles. The Labute approximate surface area is 134 Å². The summed E-state index contributed by atoms with van der Waals surface area (Å²) >= 11 is 0. The molecule has 0 radical (unpaired) electrons. The van der Waals surface area contributed by atoms with Crippen molar-refractivity contribution in [2.75, 3.05) is 0 Å². The standard InChI is InChI=1S/C17H26N2O2S/c1-4-13(2)15-9-11-16(12-10-15)22(20,21)19-18-17-8-6-5-7-14(17)3/h9-14,19H,4-8H2,1-3H3/b18-17+/t13-,14+/m0/s1. The van der Waals surface area contributed by atoms with Crippen LogP contribution in [0.4, 0.5) is 0 Å². The van der Waals surface area contributed by atoms with Crippen LogP contribution in [-0.4, -0.2) is 14.1 Å². The molecule has 22 heavy (non-hydrogen) atoms. The van der Waals surface area contributed by atoms with Gasteiger partial charge in [0.25, 0.3) is 10.0 Å². The molecule has 122 valence electrons. The van der Waals surface area contributed by atoms with Crippen molar-refractivity contribution in [2.45, 2.75) is 63.7 Å². The summed E-state index contributed by atoms with van der Waals surface area (Å²) in [5.41, 5.74) is 2.12. The van der Waals surface area contributed by atoms with E-state index in [4.69, 9.17) is 0 Å². The molecular weight excluding hydrogens is 296 g/mol. The number of nitrogens with one attached hydrogen (secondary N) is 1. The predicted octanol–water partition coefficient (Wildman–Crippen LogP) is 4.04. The second-order valence-electron chi connectivity index (χ2n) is 6.22. The lowest BCUT2D eigenvalue weighted by molar-refractivity contribution is 0.552. The van der Waals surface area contributed by atoms with Crippen LogP contribution in [0.1, 0.15) is 64.4 Å². The largest absolute Gasteiger partial charge is 0.276 e. The highest BCUT2D eigenvalue weighted by atomic mass is 32.2. The van der Waals surface area contributed by atoms with Gasteiger partial charge >= 0.3 is 0 Å². The highest BCUT2D eigenvalue weighted by Gasteiger charge is 2.18. The Kier molecular flexibility index (Phi) is 5.62. The van der Waals surface area contributed by atoms with Gasteiger partial charge in [-0.15, -0.1) is 0 Å². The first-order chi connectivity index (χ1) is 10.4. The van der Waals surface area contributed by atoms with Crippen LogP contribution in [0, 0.1) is 5.92 Å². The Morgan fingerprint density at radius 1 is 1.27 bits per heavy atom. The molecule has 0 heterocycles. The molecule has 1 aromatic rings. The number of nitrogens with zero attached hydrogens (tertiary/aromatic N) is 1. The summed E-state index contributed by atoms with van der Waals surface area (Å²) in [6, 6.07) is 7.10. The van der Waals surface area contributed by atoms with Crippen molar-refractivity contribution in [2.24, 2.45) is 11.0 Å². The summed E-state index contributed by atoms with van der Waals surface area (Å²) in [7, 11) is -3.57. The third kappa shape index (κ3) is 4.09. The van der Waals surface area contributed by atoms with Gasteiger partial charge in [-0.05, 0) is 55.2 Å². The normalized spacial score (nSPS) is 22.5. The minimum Gasteiger partial charge on any atom is -0.200 e. The van der Waals surface area contributed by atoms with E-state index >= 15 is 0 Å². The summed E-state index contributed by atoms with van der Waals surface area (Å²) in [5, 5.41) is 4.16. The summed E-state index contributed by atoms with van der Waals surface area (Å²) in [5.74, 6) is 0.803. The Hall–Kier alpha value is -1.36. The molecule has 4 nitrogen and oxygen atoms in total. The van der Waals surface area contributed by atoms with E-state index in [1.165, 1.54) is 6.42 Å². The number of hydrogen-bond donors (Lipinski definition) is 1. The average molecular weight is 322 g/mol. The van der Waals surface area contributed by atoms with Gasteiger partial charge in [-0.25, -0.2) is 4.83 Å². The van der Waals surface area contributed by atoms with Gasteiger partial charge in [-0.2, -0.15) is 13.5 Å². The van der Waals surface area contributed by atoms with Crippen LogP contribution in [0.5, 0.6) is 0 Å². The van der Waals surface area contributed by atoms with Crippen LogP contribution in [0.15, 0.2) is 34.3 Å². The fourth-order valence-corrected chi connectivity index (χ4v) is 3.56. The quantitative estimate of drug-likeness (QED) is 0.832. The summed E-state index contributed by atoms with van der Waals surface area (Å²) < 4.78 is 24.6. The van der Waals surface area contributed by atoms with Gasteiger partial charge in [0.1, 0.15) is 0 Å². The third-order valence-corrected chi connectivity index (χ3v) is 5.79. The molecule has 5 heteroatoms. The zero-order chi connectivity index (χ0) is 16.2. The number of benzene rings is 1. The van der Waals surface area contributed by atoms with Gasteiger partial charge in [0.05, 0.1) is 4.90 Å². The minimum absolute atomic E-state index is 0.271. The van der Waals surface area contributed by atoms with Crippen molar-refractivity contribution in [3.05, 3.63) is 29.8 Å². The van der Waals surface area contributed by atoms with Crippen LogP contribution in [0.3, 0.4) is 0 Å². The van der Waals surface area contributed by atoms with E-state index in [0.29, 0.717) is 11.8 Å². The Morgan fingerprint density at radius 2 is 1.95 bits per heavy atom. The highest BCUT2D eigenvalue weighted by molar-refractivity contribution is 7.89. The van der Waals surface area contributed by atoms with Crippen molar-refractivity contribution >= 4 is 15.7 Å². The molecule has 0 aromatic heterocycles. The van der Waals surface area contributed by atoms with Gasteiger partial charge < -0.3 is 0 Å². The van der Waals surface area contributed by atoms with Gasteiger partial charge in [0, 0.05) is 5.71 Å². The molecule has 1 fully saturated rings. The third-order valence-electron chi connectivity index (χ3n) is 4.57. The van der Waals surface area contributed by atoms with Crippen molar-refractivity contribution in [1.29, 1.82) is 0 Å². The Morgan fingerprint density at radius 3 is 2.55 bits per heavy atom. The molecule has 1 aliphatic carbocycles. The molecule has 0 spiro atoms. The lowest BCUT2D eigenvalue weighted by Crippen LogP contribution is -2.24. The van der Waals surface area contributed by atoms with Crippen LogP contribution in [-0.2, 0) is 10.0 Å². The zero-order valence-electron chi connectivity index (χ0n) is 13.7. The highest BCUT2D eigenvalue weighted by Crippen LogP contribution is 2.22. The predicted molar refractivity (Wildman–Crippen MR) is 90.5 cm³/mol. The van der Waals surface area contributed by atoms with E-state index in [9.17, 15) is 8.42 Å². The van der Waals surface area contributed by atoms with Crippen LogP contribution in [0.2, 0.25) is 0 Å². The minimum atomic E-state index is -3.57. The molecular formula is C17H26N2O2S. The maximum absolute atomic E-state index is 12.3.